The second kappa shape index (κ2) is 8.22. The van der Waals surface area contributed by atoms with Gasteiger partial charge in [0.15, 0.2) is 11.5 Å². The number of hydrogen-bond donors (Lipinski definition) is 0. The first-order valence-corrected chi connectivity index (χ1v) is 10.3. The Balaban J connectivity index is 1.53. The number of fused-ring (bicyclic) bond motifs is 1. The van der Waals surface area contributed by atoms with Crippen LogP contribution in [0.25, 0.3) is 22.0 Å². The molecule has 0 bridgehead atoms. The van der Waals surface area contributed by atoms with E-state index in [4.69, 9.17) is 0 Å². The third-order valence-electron chi connectivity index (χ3n) is 6.19. The lowest BCUT2D eigenvalue weighted by molar-refractivity contribution is -0.133. The molecule has 1 saturated heterocycles. The lowest BCUT2D eigenvalue weighted by Crippen LogP contribution is -2.47. The molecule has 1 aromatic carbocycles. The van der Waals surface area contributed by atoms with Crippen molar-refractivity contribution in [1.29, 1.82) is 0 Å². The smallest absolute Gasteiger partial charge is 0.175 e. The molecule has 4 rings (SSSR count). The molecular weight excluding hydrogens is 386 g/mol. The Hall–Kier alpha value is -2.67. The van der Waals surface area contributed by atoms with Gasteiger partial charge in [-0.1, -0.05) is 12.1 Å². The number of halogens is 2. The fourth-order valence-electron chi connectivity index (χ4n) is 4.07. The summed E-state index contributed by atoms with van der Waals surface area (Å²) >= 11 is 0. The molecule has 0 spiro atoms. The Morgan fingerprint density at radius 1 is 1.13 bits per heavy atom. The number of aryl methyl sites for hydroxylation is 1. The predicted octanol–water partition coefficient (Wildman–Crippen LogP) is 3.83. The Kier molecular flexibility index (Phi) is 5.64. The van der Waals surface area contributed by atoms with E-state index < -0.39 is 18.1 Å². The van der Waals surface area contributed by atoms with Crippen molar-refractivity contribution in [2.75, 3.05) is 26.3 Å². The lowest BCUT2D eigenvalue weighted by atomic mass is 9.87. The predicted molar refractivity (Wildman–Crippen MR) is 113 cm³/mol. The van der Waals surface area contributed by atoms with Gasteiger partial charge in [0.25, 0.3) is 0 Å². The van der Waals surface area contributed by atoms with Crippen LogP contribution in [0.4, 0.5) is 8.78 Å². The number of pyridine rings is 1. The zero-order valence-electron chi connectivity index (χ0n) is 17.4. The SMILES string of the molecule is Cc1ncc(-c2ccc3cnc(CC(=O)C4(F)CCN(CCF)CC4)cc3c2)n1C. The van der Waals surface area contributed by atoms with Crippen LogP contribution in [0.5, 0.6) is 0 Å². The number of nitrogens with zero attached hydrogens (tertiary/aromatic N) is 4. The number of rotatable bonds is 6. The summed E-state index contributed by atoms with van der Waals surface area (Å²) in [6, 6.07) is 7.92. The Labute approximate surface area is 174 Å². The first kappa shape index (κ1) is 20.6. The molecule has 7 heteroatoms. The molecule has 3 aromatic rings. The van der Waals surface area contributed by atoms with Gasteiger partial charge in [-0.15, -0.1) is 0 Å². The molecule has 0 unspecified atom stereocenters. The van der Waals surface area contributed by atoms with Gasteiger partial charge in [0, 0.05) is 62.4 Å². The molecule has 0 atom stereocenters. The molecule has 5 nitrogen and oxygen atoms in total. The zero-order valence-corrected chi connectivity index (χ0v) is 17.4. The molecule has 0 N–H and O–H groups in total. The van der Waals surface area contributed by atoms with Crippen molar-refractivity contribution in [2.45, 2.75) is 31.9 Å². The van der Waals surface area contributed by atoms with Gasteiger partial charge in [-0.3, -0.25) is 9.78 Å². The largest absolute Gasteiger partial charge is 0.331 e. The molecule has 0 aliphatic carbocycles. The second-order valence-corrected chi connectivity index (χ2v) is 8.08. The third kappa shape index (κ3) is 3.99. The number of likely N-dealkylation sites (tertiary alicyclic amines) is 1. The Morgan fingerprint density at radius 2 is 1.90 bits per heavy atom. The van der Waals surface area contributed by atoms with Crippen LogP contribution in [0.3, 0.4) is 0 Å². The summed E-state index contributed by atoms with van der Waals surface area (Å²) in [6.07, 6.45) is 3.76. The number of ketones is 1. The van der Waals surface area contributed by atoms with Crippen LogP contribution < -0.4 is 0 Å². The number of hydrogen-bond acceptors (Lipinski definition) is 4. The number of alkyl halides is 2. The van der Waals surface area contributed by atoms with Crippen molar-refractivity contribution >= 4 is 16.6 Å². The molecule has 0 amide bonds. The summed E-state index contributed by atoms with van der Waals surface area (Å²) in [5.74, 6) is 0.490. The van der Waals surface area contributed by atoms with E-state index in [1.165, 1.54) is 0 Å². The van der Waals surface area contributed by atoms with Gasteiger partial charge in [0.1, 0.15) is 12.5 Å². The standard InChI is InChI=1S/C23H26F2N4O/c1-16-26-15-21(28(16)2)17-3-4-18-14-27-20(12-19(18)11-17)13-22(30)23(25)5-8-29(9-6-23)10-7-24/h3-4,11-12,14-15H,5-10,13H2,1-2H3. The van der Waals surface area contributed by atoms with Crippen LogP contribution in [0.1, 0.15) is 24.4 Å². The van der Waals surface area contributed by atoms with Crippen LogP contribution in [-0.2, 0) is 18.3 Å². The highest BCUT2D eigenvalue weighted by molar-refractivity contribution is 5.91. The minimum Gasteiger partial charge on any atom is -0.331 e. The fourth-order valence-corrected chi connectivity index (χ4v) is 4.07. The van der Waals surface area contributed by atoms with E-state index in [1.54, 1.807) is 6.20 Å². The summed E-state index contributed by atoms with van der Waals surface area (Å²) in [4.78, 5) is 23.3. The third-order valence-corrected chi connectivity index (χ3v) is 6.19. The highest BCUT2D eigenvalue weighted by Gasteiger charge is 2.41. The van der Waals surface area contributed by atoms with Gasteiger partial charge in [-0.05, 0) is 24.4 Å². The summed E-state index contributed by atoms with van der Waals surface area (Å²) in [5.41, 5.74) is 0.745. The maximum atomic E-state index is 15.2. The quantitative estimate of drug-likeness (QED) is 0.618. The van der Waals surface area contributed by atoms with Crippen molar-refractivity contribution < 1.29 is 13.6 Å². The average molecular weight is 412 g/mol. The number of aromatic nitrogens is 3. The van der Waals surface area contributed by atoms with Crippen LogP contribution in [0.15, 0.2) is 36.7 Å². The zero-order chi connectivity index (χ0) is 21.3. The van der Waals surface area contributed by atoms with Gasteiger partial charge in [0.05, 0.1) is 18.3 Å². The maximum absolute atomic E-state index is 15.2. The van der Waals surface area contributed by atoms with Crippen molar-refractivity contribution in [3.05, 3.63) is 48.2 Å². The van der Waals surface area contributed by atoms with E-state index in [2.05, 4.69) is 9.97 Å². The fraction of sp³-hybridized carbons (Fsp3) is 0.435. The van der Waals surface area contributed by atoms with Crippen molar-refractivity contribution in [3.8, 4) is 11.3 Å². The number of carbonyl (C=O) groups is 1. The van der Waals surface area contributed by atoms with Gasteiger partial charge < -0.3 is 9.47 Å². The minimum atomic E-state index is -1.85. The average Bonchev–Trinajstić information content (AvgIpc) is 3.08. The van der Waals surface area contributed by atoms with E-state index in [1.807, 2.05) is 53.9 Å². The lowest BCUT2D eigenvalue weighted by Gasteiger charge is -2.34. The van der Waals surface area contributed by atoms with Crippen LogP contribution in [0.2, 0.25) is 0 Å². The molecule has 0 radical (unpaired) electrons. The molecule has 0 saturated carbocycles. The minimum absolute atomic E-state index is 0.0371. The van der Waals surface area contributed by atoms with Crippen LogP contribution in [0, 0.1) is 6.92 Å². The molecule has 3 heterocycles. The van der Waals surface area contributed by atoms with E-state index in [0.717, 1.165) is 27.9 Å². The molecule has 1 aliphatic heterocycles. The summed E-state index contributed by atoms with van der Waals surface area (Å²) in [7, 11) is 1.97. The summed E-state index contributed by atoms with van der Waals surface area (Å²) < 4.78 is 29.7. The van der Waals surface area contributed by atoms with Gasteiger partial charge in [-0.25, -0.2) is 13.8 Å². The molecular formula is C23H26F2N4O. The van der Waals surface area contributed by atoms with E-state index >= 15 is 4.39 Å². The molecule has 30 heavy (non-hydrogen) atoms. The number of imidazole rings is 1. The number of Topliss-reactive ketones (excluding diaryl/α,β-unsaturated/α-hetero) is 1. The van der Waals surface area contributed by atoms with Crippen LogP contribution >= 0.6 is 0 Å². The first-order chi connectivity index (χ1) is 14.4. The normalized spacial score (nSPS) is 16.8. The van der Waals surface area contributed by atoms with Crippen molar-refractivity contribution in [1.82, 2.24) is 19.4 Å². The molecule has 2 aromatic heterocycles. The molecule has 1 aliphatic rings. The molecule has 158 valence electrons. The Bertz CT molecular complexity index is 1070. The monoisotopic (exact) mass is 412 g/mol. The second-order valence-electron chi connectivity index (χ2n) is 8.08. The number of carbonyl (C=O) groups excluding carboxylic acids is 1. The maximum Gasteiger partial charge on any atom is 0.175 e. The van der Waals surface area contributed by atoms with E-state index in [0.29, 0.717) is 25.3 Å². The number of piperidine rings is 1. The highest BCUT2D eigenvalue weighted by atomic mass is 19.1. The van der Waals surface area contributed by atoms with E-state index in [-0.39, 0.29) is 19.3 Å². The topological polar surface area (TPSA) is 51.0 Å². The van der Waals surface area contributed by atoms with Crippen LogP contribution in [-0.4, -0.2) is 57.2 Å². The summed E-state index contributed by atoms with van der Waals surface area (Å²) in [6.45, 7) is 2.62. The van der Waals surface area contributed by atoms with Gasteiger partial charge >= 0.3 is 0 Å². The van der Waals surface area contributed by atoms with Crippen molar-refractivity contribution in [2.24, 2.45) is 7.05 Å². The van der Waals surface area contributed by atoms with Gasteiger partial charge in [-0.2, -0.15) is 0 Å². The summed E-state index contributed by atoms with van der Waals surface area (Å²) in [5, 5.41) is 1.91. The molecule has 1 fully saturated rings. The Morgan fingerprint density at radius 3 is 2.57 bits per heavy atom. The van der Waals surface area contributed by atoms with E-state index in [9.17, 15) is 9.18 Å². The van der Waals surface area contributed by atoms with Gasteiger partial charge in [0.2, 0.25) is 0 Å². The highest BCUT2D eigenvalue weighted by Crippen LogP contribution is 2.30. The number of benzene rings is 1. The van der Waals surface area contributed by atoms with Crippen molar-refractivity contribution in [3.63, 3.8) is 0 Å². The first-order valence-electron chi connectivity index (χ1n) is 10.3.